The van der Waals surface area contributed by atoms with Gasteiger partial charge in [0.15, 0.2) is 5.69 Å². The van der Waals surface area contributed by atoms with Crippen LogP contribution < -0.4 is 4.74 Å². The summed E-state index contributed by atoms with van der Waals surface area (Å²) in [7, 11) is 0. The topological polar surface area (TPSA) is 77.2 Å². The maximum atomic E-state index is 13.9. The minimum Gasteiger partial charge on any atom is -0.476 e. The van der Waals surface area contributed by atoms with Gasteiger partial charge in [-0.2, -0.15) is 9.78 Å². The van der Waals surface area contributed by atoms with Crippen LogP contribution in [0.5, 0.6) is 5.75 Å². The van der Waals surface area contributed by atoms with E-state index in [2.05, 4.69) is 14.8 Å². The largest absolute Gasteiger partial charge is 0.573 e. The molecule has 4 rings (SSSR count). The van der Waals surface area contributed by atoms with E-state index in [1.54, 1.807) is 13.0 Å². The fourth-order valence-electron chi connectivity index (χ4n) is 3.53. The van der Waals surface area contributed by atoms with Gasteiger partial charge >= 0.3 is 12.3 Å². The molecule has 2 heterocycles. The average Bonchev–Trinajstić information content (AvgIpc) is 3.33. The van der Waals surface area contributed by atoms with E-state index in [9.17, 15) is 27.5 Å². The van der Waals surface area contributed by atoms with E-state index in [-0.39, 0.29) is 27.4 Å². The number of rotatable bonds is 7. The normalized spacial score (nSPS) is 11.8. The van der Waals surface area contributed by atoms with Crippen LogP contribution in [-0.2, 0) is 0 Å². The first kappa shape index (κ1) is 25.7. The Labute approximate surface area is 211 Å². The molecule has 0 saturated heterocycles. The number of aryl methyl sites for hydroxylation is 1. The molecule has 0 bridgehead atoms. The summed E-state index contributed by atoms with van der Waals surface area (Å²) in [5, 5.41) is 14.8. The molecule has 0 spiro atoms. The van der Waals surface area contributed by atoms with Crippen LogP contribution in [0.4, 0.5) is 17.6 Å². The van der Waals surface area contributed by atoms with Crippen molar-refractivity contribution in [2.75, 3.05) is 0 Å². The Balaban J connectivity index is 1.83. The molecule has 2 aromatic heterocycles. The van der Waals surface area contributed by atoms with Crippen molar-refractivity contribution in [1.29, 1.82) is 0 Å². The number of aromatic nitrogens is 3. The summed E-state index contributed by atoms with van der Waals surface area (Å²) in [5.41, 5.74) is 1.84. The van der Waals surface area contributed by atoms with Gasteiger partial charge in [0.25, 0.3) is 0 Å². The third-order valence-corrected chi connectivity index (χ3v) is 7.09. The van der Waals surface area contributed by atoms with E-state index in [1.165, 1.54) is 70.2 Å². The number of hydrogen-bond acceptors (Lipinski definition) is 6. The molecular weight excluding hydrogens is 518 g/mol. The van der Waals surface area contributed by atoms with Gasteiger partial charge in [-0.05, 0) is 48.9 Å². The fraction of sp³-hybridized carbons (Fsp3) is 0.208. The summed E-state index contributed by atoms with van der Waals surface area (Å²) in [6.45, 7) is 5.56. The molecule has 6 nitrogen and oxygen atoms in total. The lowest BCUT2D eigenvalue weighted by Crippen LogP contribution is -2.16. The maximum Gasteiger partial charge on any atom is 0.573 e. The number of aromatic carboxylic acids is 1. The van der Waals surface area contributed by atoms with Crippen LogP contribution in [0.2, 0.25) is 0 Å². The molecule has 12 heteroatoms. The number of carboxylic acids is 1. The summed E-state index contributed by atoms with van der Waals surface area (Å²) < 4.78 is 57.4. The van der Waals surface area contributed by atoms with Gasteiger partial charge in [0.1, 0.15) is 11.6 Å². The maximum absolute atomic E-state index is 13.9. The predicted molar refractivity (Wildman–Crippen MR) is 129 cm³/mol. The second-order valence-electron chi connectivity index (χ2n) is 7.91. The van der Waals surface area contributed by atoms with E-state index < -0.39 is 18.1 Å². The molecule has 4 aromatic rings. The number of alkyl halides is 3. The number of benzene rings is 2. The Hall–Kier alpha value is -3.38. The van der Waals surface area contributed by atoms with Crippen molar-refractivity contribution >= 4 is 29.1 Å². The first-order valence-electron chi connectivity index (χ1n) is 10.6. The molecule has 0 amide bonds. The van der Waals surface area contributed by atoms with Crippen LogP contribution in [0.25, 0.3) is 27.5 Å². The Kier molecular flexibility index (Phi) is 7.10. The lowest BCUT2D eigenvalue weighted by Gasteiger charge is -2.09. The molecule has 36 heavy (non-hydrogen) atoms. The highest BCUT2D eigenvalue weighted by atomic mass is 32.2. The van der Waals surface area contributed by atoms with Crippen molar-refractivity contribution in [2.45, 2.75) is 36.6 Å². The predicted octanol–water partition coefficient (Wildman–Crippen LogP) is 7.21. The van der Waals surface area contributed by atoms with Gasteiger partial charge in [0.05, 0.1) is 15.6 Å². The second kappa shape index (κ2) is 9.94. The number of carbonyl (C=O) groups is 1. The van der Waals surface area contributed by atoms with Crippen molar-refractivity contribution in [1.82, 2.24) is 14.8 Å². The summed E-state index contributed by atoms with van der Waals surface area (Å²) in [5.74, 6) is -2.14. The van der Waals surface area contributed by atoms with Gasteiger partial charge in [0, 0.05) is 16.4 Å². The van der Waals surface area contributed by atoms with Gasteiger partial charge < -0.3 is 9.84 Å². The van der Waals surface area contributed by atoms with Gasteiger partial charge in [-0.25, -0.2) is 14.2 Å². The second-order valence-corrected chi connectivity index (χ2v) is 10.7. The zero-order valence-corrected chi connectivity index (χ0v) is 20.8. The van der Waals surface area contributed by atoms with Crippen molar-refractivity contribution in [3.63, 3.8) is 0 Å². The summed E-state index contributed by atoms with van der Waals surface area (Å²) in [4.78, 5) is 16.9. The van der Waals surface area contributed by atoms with E-state index in [0.717, 1.165) is 4.21 Å². The van der Waals surface area contributed by atoms with Crippen LogP contribution in [0.3, 0.4) is 0 Å². The molecule has 0 radical (unpaired) electrons. The number of hydrogen-bond donors (Lipinski definition) is 1. The van der Waals surface area contributed by atoms with Crippen LogP contribution >= 0.6 is 23.1 Å². The van der Waals surface area contributed by atoms with Crippen LogP contribution in [0.1, 0.15) is 30.0 Å². The molecule has 0 saturated carbocycles. The van der Waals surface area contributed by atoms with E-state index in [4.69, 9.17) is 0 Å². The molecule has 0 aliphatic carbocycles. The Morgan fingerprint density at radius 3 is 2.42 bits per heavy atom. The minimum atomic E-state index is -4.81. The molecule has 0 aliphatic heterocycles. The third-order valence-electron chi connectivity index (χ3n) is 4.85. The minimum absolute atomic E-state index is 0.144. The number of nitrogens with zero attached hydrogens (tertiary/aromatic N) is 3. The molecule has 1 N–H and O–H groups in total. The van der Waals surface area contributed by atoms with E-state index in [0.29, 0.717) is 22.5 Å². The zero-order chi connectivity index (χ0) is 26.2. The standard InChI is InChI=1S/C24H19F4N3O3S2/c1-12(2)35-22-19(14-7-9-17(10-8-14)34-24(26,27)28)29-23(36-22)31-20(21(32)33)18(13(3)30-31)15-5-4-6-16(25)11-15/h4-12H,1-3H3,(H,32,33). The average molecular weight is 538 g/mol. The third kappa shape index (κ3) is 5.54. The van der Waals surface area contributed by atoms with Crippen molar-refractivity contribution in [3.05, 3.63) is 65.7 Å². The summed E-state index contributed by atoms with van der Waals surface area (Å²) in [6.07, 6.45) is -4.81. The SMILES string of the molecule is Cc1nn(-c2nc(-c3ccc(OC(F)(F)F)cc3)c(SC(C)C)s2)c(C(=O)O)c1-c1cccc(F)c1. The summed E-state index contributed by atoms with van der Waals surface area (Å²) >= 11 is 2.69. The van der Waals surface area contributed by atoms with Gasteiger partial charge in [0.2, 0.25) is 5.13 Å². The monoisotopic (exact) mass is 537 g/mol. The fourth-order valence-corrected chi connectivity index (χ4v) is 6.01. The number of ether oxygens (including phenoxy) is 1. The number of halogens is 4. The molecule has 0 unspecified atom stereocenters. The quantitative estimate of drug-likeness (QED) is 0.198. The molecule has 0 aliphatic rings. The number of thioether (sulfide) groups is 1. The molecule has 2 aromatic carbocycles. The molecule has 0 atom stereocenters. The molecular formula is C24H19F4N3O3S2. The first-order chi connectivity index (χ1) is 16.9. The van der Waals surface area contributed by atoms with Crippen molar-refractivity contribution in [3.8, 4) is 33.3 Å². The highest BCUT2D eigenvalue weighted by Gasteiger charge is 2.31. The lowest BCUT2D eigenvalue weighted by molar-refractivity contribution is -0.274. The van der Waals surface area contributed by atoms with Gasteiger partial charge in [-0.15, -0.1) is 24.9 Å². The number of thiazole rings is 1. The van der Waals surface area contributed by atoms with Crippen molar-refractivity contribution < 1.29 is 32.2 Å². The highest BCUT2D eigenvalue weighted by Crippen LogP contribution is 2.41. The highest BCUT2D eigenvalue weighted by molar-refractivity contribution is 8.01. The number of carboxylic acid groups (broad SMARTS) is 1. The van der Waals surface area contributed by atoms with Crippen molar-refractivity contribution in [2.24, 2.45) is 0 Å². The lowest BCUT2D eigenvalue weighted by atomic mass is 10.0. The van der Waals surface area contributed by atoms with Crippen LogP contribution in [0.15, 0.2) is 52.7 Å². The molecule has 188 valence electrons. The molecule has 0 fully saturated rings. The smallest absolute Gasteiger partial charge is 0.476 e. The Morgan fingerprint density at radius 1 is 1.14 bits per heavy atom. The van der Waals surface area contributed by atoms with Crippen LogP contribution in [0, 0.1) is 12.7 Å². The van der Waals surface area contributed by atoms with E-state index >= 15 is 0 Å². The first-order valence-corrected chi connectivity index (χ1v) is 12.3. The van der Waals surface area contributed by atoms with Crippen LogP contribution in [-0.4, -0.2) is 37.5 Å². The van der Waals surface area contributed by atoms with Gasteiger partial charge in [-0.3, -0.25) is 0 Å². The van der Waals surface area contributed by atoms with E-state index in [1.807, 2.05) is 13.8 Å². The van der Waals surface area contributed by atoms with Gasteiger partial charge in [-0.1, -0.05) is 37.3 Å². The zero-order valence-electron chi connectivity index (χ0n) is 19.1. The Morgan fingerprint density at radius 2 is 1.83 bits per heavy atom. The Bertz CT molecular complexity index is 1410. The summed E-state index contributed by atoms with van der Waals surface area (Å²) in [6, 6.07) is 10.9.